The van der Waals surface area contributed by atoms with Crippen LogP contribution in [-0.4, -0.2) is 22.5 Å². The third-order valence-electron chi connectivity index (χ3n) is 3.47. The zero-order valence-electron chi connectivity index (χ0n) is 11.1. The summed E-state index contributed by atoms with van der Waals surface area (Å²) in [6.45, 7) is 0. The second kappa shape index (κ2) is 5.02. The number of benzene rings is 1. The maximum absolute atomic E-state index is 12.0. The van der Waals surface area contributed by atoms with Gasteiger partial charge in [-0.2, -0.15) is 5.26 Å². The Balaban J connectivity index is 1.71. The van der Waals surface area contributed by atoms with E-state index in [1.807, 2.05) is 0 Å². The van der Waals surface area contributed by atoms with Crippen LogP contribution in [0.15, 0.2) is 22.6 Å². The van der Waals surface area contributed by atoms with Crippen molar-refractivity contribution >= 4 is 28.6 Å². The molecule has 3 rings (SSSR count). The molecule has 7 heteroatoms. The first-order valence-electron chi connectivity index (χ1n) is 6.56. The maximum atomic E-state index is 12.0. The first-order valence-corrected chi connectivity index (χ1v) is 6.94. The average molecular weight is 305 g/mol. The number of amides is 1. The van der Waals surface area contributed by atoms with Crippen LogP contribution in [0.5, 0.6) is 0 Å². The van der Waals surface area contributed by atoms with Crippen LogP contribution in [-0.2, 0) is 11.2 Å². The highest BCUT2D eigenvalue weighted by molar-refractivity contribution is 6.34. The lowest BCUT2D eigenvalue weighted by atomic mass is 10.2. The Kier molecular flexibility index (Phi) is 3.32. The van der Waals surface area contributed by atoms with Gasteiger partial charge in [0.15, 0.2) is 11.5 Å². The van der Waals surface area contributed by atoms with E-state index in [1.165, 1.54) is 0 Å². The van der Waals surface area contributed by atoms with Crippen molar-refractivity contribution in [3.05, 3.63) is 29.1 Å². The summed E-state index contributed by atoms with van der Waals surface area (Å²) in [5.41, 5.74) is 6.23. The highest BCUT2D eigenvalue weighted by atomic mass is 35.5. The van der Waals surface area contributed by atoms with Crippen LogP contribution in [0.3, 0.4) is 0 Å². The van der Waals surface area contributed by atoms with E-state index >= 15 is 0 Å². The number of halogens is 1. The van der Waals surface area contributed by atoms with E-state index in [4.69, 9.17) is 27.0 Å². The number of carbonyl (C=O) groups is 1. The first-order chi connectivity index (χ1) is 10.0. The van der Waals surface area contributed by atoms with Gasteiger partial charge in [0.25, 0.3) is 0 Å². The number of nitrogens with one attached hydrogen (secondary N) is 1. The molecule has 0 unspecified atom stereocenters. The van der Waals surface area contributed by atoms with E-state index < -0.39 is 11.6 Å². The molecule has 1 aliphatic carbocycles. The van der Waals surface area contributed by atoms with E-state index in [9.17, 15) is 4.79 Å². The van der Waals surface area contributed by atoms with E-state index in [-0.39, 0.29) is 12.3 Å². The number of carbonyl (C=O) groups excluding carboxylic acids is 1. The molecular formula is C14H13ClN4O2. The van der Waals surface area contributed by atoms with Crippen LogP contribution in [0, 0.1) is 11.3 Å². The Labute approximate surface area is 125 Å². The quantitative estimate of drug-likeness (QED) is 0.891. The molecule has 1 atom stereocenters. The van der Waals surface area contributed by atoms with Crippen LogP contribution in [0.2, 0.25) is 5.02 Å². The predicted octanol–water partition coefficient (Wildman–Crippen LogP) is 1.52. The molecular weight excluding hydrogens is 292 g/mol. The van der Waals surface area contributed by atoms with Crippen LogP contribution >= 0.6 is 11.6 Å². The Morgan fingerprint density at radius 3 is 3.00 bits per heavy atom. The summed E-state index contributed by atoms with van der Waals surface area (Å²) >= 11 is 6.01. The van der Waals surface area contributed by atoms with Gasteiger partial charge in [-0.25, -0.2) is 4.98 Å². The van der Waals surface area contributed by atoms with Crippen LogP contribution in [0.1, 0.15) is 18.7 Å². The minimum Gasteiger partial charge on any atom is -0.441 e. The van der Waals surface area contributed by atoms with Crippen LogP contribution in [0.25, 0.3) is 11.1 Å². The Morgan fingerprint density at radius 2 is 2.38 bits per heavy atom. The third-order valence-corrected chi connectivity index (χ3v) is 3.78. The van der Waals surface area contributed by atoms with Crippen molar-refractivity contribution in [3.8, 4) is 6.07 Å². The number of rotatable bonds is 4. The lowest BCUT2D eigenvalue weighted by molar-refractivity contribution is -0.123. The van der Waals surface area contributed by atoms with Gasteiger partial charge in [0.2, 0.25) is 5.91 Å². The summed E-state index contributed by atoms with van der Waals surface area (Å²) in [5.74, 6) is -0.0232. The van der Waals surface area contributed by atoms with Crippen molar-refractivity contribution in [3.63, 3.8) is 0 Å². The zero-order valence-corrected chi connectivity index (χ0v) is 11.9. The Hall–Kier alpha value is -2.10. The first kappa shape index (κ1) is 13.9. The largest absolute Gasteiger partial charge is 0.441 e. The molecule has 0 radical (unpaired) electrons. The van der Waals surface area contributed by atoms with Gasteiger partial charge in [-0.1, -0.05) is 17.7 Å². The number of oxazole rings is 1. The smallest absolute Gasteiger partial charge is 0.238 e. The number of nitriles is 1. The molecule has 1 aliphatic rings. The van der Waals surface area contributed by atoms with Crippen molar-refractivity contribution < 1.29 is 9.21 Å². The predicted molar refractivity (Wildman–Crippen MR) is 76.4 cm³/mol. The molecule has 21 heavy (non-hydrogen) atoms. The van der Waals surface area contributed by atoms with Gasteiger partial charge in [-0.05, 0) is 25.0 Å². The Morgan fingerprint density at radius 1 is 1.62 bits per heavy atom. The standard InChI is InChI=1S/C14H13ClN4O2/c15-8-2-1-3-10-12(8)18-11(21-10)6-9(17)13(20)19-14(7-16)4-5-14/h1-3,9H,4-6,17H2,(H,19,20)/t9-/m0/s1. The van der Waals surface area contributed by atoms with Crippen molar-refractivity contribution in [2.45, 2.75) is 30.8 Å². The third kappa shape index (κ3) is 2.71. The number of nitrogens with zero attached hydrogens (tertiary/aromatic N) is 2. The fraction of sp³-hybridized carbons (Fsp3) is 0.357. The number of nitrogens with two attached hydrogens (primary N) is 1. The second-order valence-electron chi connectivity index (χ2n) is 5.19. The van der Waals surface area contributed by atoms with Gasteiger partial charge >= 0.3 is 0 Å². The summed E-state index contributed by atoms with van der Waals surface area (Å²) in [4.78, 5) is 16.2. The molecule has 1 aromatic heterocycles. The topological polar surface area (TPSA) is 105 Å². The molecule has 0 bridgehead atoms. The van der Waals surface area contributed by atoms with Gasteiger partial charge in [-0.15, -0.1) is 0 Å². The summed E-state index contributed by atoms with van der Waals surface area (Å²) in [5, 5.41) is 12.1. The second-order valence-corrected chi connectivity index (χ2v) is 5.60. The van der Waals surface area contributed by atoms with Crippen LogP contribution in [0.4, 0.5) is 0 Å². The molecule has 2 aromatic rings. The summed E-state index contributed by atoms with van der Waals surface area (Å²) in [6.07, 6.45) is 1.49. The minimum atomic E-state index is -0.817. The maximum Gasteiger partial charge on any atom is 0.238 e. The molecule has 1 heterocycles. The van der Waals surface area contributed by atoms with Gasteiger partial charge in [0.05, 0.1) is 17.1 Å². The molecule has 0 saturated heterocycles. The number of hydrogen-bond acceptors (Lipinski definition) is 5. The molecule has 1 amide bonds. The number of hydrogen-bond donors (Lipinski definition) is 2. The number of aromatic nitrogens is 1. The molecule has 0 aliphatic heterocycles. The molecule has 1 saturated carbocycles. The normalized spacial score (nSPS) is 17.2. The fourth-order valence-corrected chi connectivity index (χ4v) is 2.26. The monoisotopic (exact) mass is 304 g/mol. The fourth-order valence-electron chi connectivity index (χ4n) is 2.05. The van der Waals surface area contributed by atoms with E-state index in [1.54, 1.807) is 18.2 Å². The average Bonchev–Trinajstić information content (AvgIpc) is 3.10. The minimum absolute atomic E-state index is 0.151. The summed E-state index contributed by atoms with van der Waals surface area (Å²) in [7, 11) is 0. The molecule has 1 fully saturated rings. The summed E-state index contributed by atoms with van der Waals surface area (Å²) in [6, 6.07) is 6.49. The van der Waals surface area contributed by atoms with Crippen molar-refractivity contribution in [2.24, 2.45) is 5.73 Å². The highest BCUT2D eigenvalue weighted by Gasteiger charge is 2.45. The van der Waals surface area contributed by atoms with E-state index in [0.29, 0.717) is 34.9 Å². The SMILES string of the molecule is N#CC1(NC(=O)[C@@H](N)Cc2nc3c(Cl)cccc3o2)CC1. The van der Waals surface area contributed by atoms with Crippen molar-refractivity contribution in [2.75, 3.05) is 0 Å². The highest BCUT2D eigenvalue weighted by Crippen LogP contribution is 2.34. The number of fused-ring (bicyclic) bond motifs is 1. The lowest BCUT2D eigenvalue weighted by Gasteiger charge is -2.13. The van der Waals surface area contributed by atoms with E-state index in [0.717, 1.165) is 0 Å². The van der Waals surface area contributed by atoms with Crippen LogP contribution < -0.4 is 11.1 Å². The lowest BCUT2D eigenvalue weighted by Crippen LogP contribution is -2.47. The zero-order chi connectivity index (χ0) is 15.0. The van der Waals surface area contributed by atoms with Gasteiger partial charge in [0, 0.05) is 6.42 Å². The molecule has 1 aromatic carbocycles. The molecule has 0 spiro atoms. The van der Waals surface area contributed by atoms with Gasteiger partial charge in [0.1, 0.15) is 11.1 Å². The summed E-state index contributed by atoms with van der Waals surface area (Å²) < 4.78 is 5.52. The molecule has 108 valence electrons. The van der Waals surface area contributed by atoms with Gasteiger partial charge < -0.3 is 15.5 Å². The van der Waals surface area contributed by atoms with Crippen molar-refractivity contribution in [1.82, 2.24) is 10.3 Å². The van der Waals surface area contributed by atoms with Crippen molar-refractivity contribution in [1.29, 1.82) is 5.26 Å². The number of para-hydroxylation sites is 1. The molecule has 6 nitrogen and oxygen atoms in total. The molecule has 3 N–H and O–H groups in total. The van der Waals surface area contributed by atoms with E-state index in [2.05, 4.69) is 16.4 Å². The van der Waals surface area contributed by atoms with Gasteiger partial charge in [-0.3, -0.25) is 4.79 Å². The Bertz CT molecular complexity index is 745.